The first-order valence-corrected chi connectivity index (χ1v) is 7.34. The van der Waals surface area contributed by atoms with Gasteiger partial charge in [0.1, 0.15) is 5.82 Å². The van der Waals surface area contributed by atoms with Crippen molar-refractivity contribution < 1.29 is 9.18 Å². The van der Waals surface area contributed by atoms with Gasteiger partial charge in [-0.15, -0.1) is 0 Å². The molecule has 0 bridgehead atoms. The Morgan fingerprint density at radius 2 is 2.30 bits per heavy atom. The molecule has 1 aromatic carbocycles. The second kappa shape index (κ2) is 6.55. The maximum Gasteiger partial charge on any atom is 0.222 e. The van der Waals surface area contributed by atoms with Crippen LogP contribution >= 0.6 is 11.6 Å². The van der Waals surface area contributed by atoms with Gasteiger partial charge >= 0.3 is 0 Å². The van der Waals surface area contributed by atoms with Crippen molar-refractivity contribution in [3.63, 3.8) is 0 Å². The van der Waals surface area contributed by atoms with Crippen molar-refractivity contribution in [2.24, 2.45) is 0 Å². The molecule has 3 nitrogen and oxygen atoms in total. The van der Waals surface area contributed by atoms with Crippen LogP contribution in [0.15, 0.2) is 18.2 Å². The number of piperidine rings is 1. The number of nitrogens with zero attached hydrogens (tertiary/aromatic N) is 1. The van der Waals surface area contributed by atoms with Crippen LogP contribution in [-0.2, 0) is 4.79 Å². The van der Waals surface area contributed by atoms with Gasteiger partial charge in [0.15, 0.2) is 0 Å². The first-order chi connectivity index (χ1) is 9.52. The minimum absolute atomic E-state index is 0.0831. The fourth-order valence-corrected chi connectivity index (χ4v) is 2.83. The third-order valence-electron chi connectivity index (χ3n) is 3.83. The molecule has 5 heteroatoms. The predicted molar refractivity (Wildman–Crippen MR) is 78.2 cm³/mol. The van der Waals surface area contributed by atoms with Crippen LogP contribution in [-0.4, -0.2) is 30.4 Å². The minimum atomic E-state index is -0.353. The molecule has 2 rings (SSSR count). The topological polar surface area (TPSA) is 32.3 Å². The Bertz CT molecular complexity index is 495. The summed E-state index contributed by atoms with van der Waals surface area (Å²) in [5, 5.41) is 3.60. The van der Waals surface area contributed by atoms with E-state index >= 15 is 0 Å². The van der Waals surface area contributed by atoms with Gasteiger partial charge in [-0.05, 0) is 18.9 Å². The molecule has 110 valence electrons. The maximum absolute atomic E-state index is 14.1. The highest BCUT2D eigenvalue weighted by atomic mass is 35.5. The van der Waals surface area contributed by atoms with Crippen molar-refractivity contribution in [3.8, 4) is 0 Å². The molecule has 1 aromatic rings. The fourth-order valence-electron chi connectivity index (χ4n) is 2.65. The van der Waals surface area contributed by atoms with Gasteiger partial charge < -0.3 is 10.2 Å². The third kappa shape index (κ3) is 3.30. The molecule has 1 heterocycles. The zero-order valence-electron chi connectivity index (χ0n) is 11.8. The van der Waals surface area contributed by atoms with E-state index in [1.165, 1.54) is 0 Å². The van der Waals surface area contributed by atoms with E-state index < -0.39 is 0 Å². The van der Waals surface area contributed by atoms with Gasteiger partial charge in [-0.3, -0.25) is 4.79 Å². The van der Waals surface area contributed by atoms with Crippen LogP contribution in [0.5, 0.6) is 0 Å². The number of likely N-dealkylation sites (N-methyl/N-ethyl adjacent to an activating group) is 1. The van der Waals surface area contributed by atoms with Gasteiger partial charge in [-0.1, -0.05) is 30.7 Å². The van der Waals surface area contributed by atoms with Crippen LogP contribution in [0.4, 0.5) is 4.39 Å². The van der Waals surface area contributed by atoms with E-state index in [1.807, 2.05) is 6.92 Å². The van der Waals surface area contributed by atoms with Gasteiger partial charge in [0, 0.05) is 37.7 Å². The van der Waals surface area contributed by atoms with E-state index in [4.69, 9.17) is 11.6 Å². The third-order valence-corrected chi connectivity index (χ3v) is 4.12. The van der Waals surface area contributed by atoms with Crippen molar-refractivity contribution in [1.29, 1.82) is 0 Å². The Hall–Kier alpha value is -1.13. The number of halogens is 2. The van der Waals surface area contributed by atoms with Gasteiger partial charge in [0.05, 0.1) is 5.02 Å². The molecule has 0 saturated carbocycles. The van der Waals surface area contributed by atoms with Crippen molar-refractivity contribution in [1.82, 2.24) is 10.2 Å². The maximum atomic E-state index is 14.1. The highest BCUT2D eigenvalue weighted by Gasteiger charge is 2.26. The molecular formula is C15H20ClFN2O. The van der Waals surface area contributed by atoms with Gasteiger partial charge in [-0.2, -0.15) is 0 Å². The summed E-state index contributed by atoms with van der Waals surface area (Å²) in [5.41, 5.74) is 0.597. The van der Waals surface area contributed by atoms with E-state index in [0.717, 1.165) is 12.8 Å². The molecule has 1 aliphatic heterocycles. The normalized spacial score (nSPS) is 21.1. The largest absolute Gasteiger partial charge is 0.344 e. The quantitative estimate of drug-likeness (QED) is 0.926. The second-order valence-corrected chi connectivity index (χ2v) is 5.69. The lowest BCUT2D eigenvalue weighted by molar-refractivity contribution is -0.132. The molecule has 0 spiro atoms. The fraction of sp³-hybridized carbons (Fsp3) is 0.533. The zero-order chi connectivity index (χ0) is 14.7. The Balaban J connectivity index is 2.09. The number of hydrogen-bond acceptors (Lipinski definition) is 2. The number of amides is 1. The average molecular weight is 299 g/mol. The van der Waals surface area contributed by atoms with Crippen LogP contribution < -0.4 is 5.32 Å². The monoisotopic (exact) mass is 298 g/mol. The summed E-state index contributed by atoms with van der Waals surface area (Å²) in [6.45, 7) is 2.67. The van der Waals surface area contributed by atoms with Crippen LogP contribution in [0.25, 0.3) is 0 Å². The number of carbonyl (C=O) groups excluding carboxylic acids is 1. The highest BCUT2D eigenvalue weighted by molar-refractivity contribution is 6.30. The van der Waals surface area contributed by atoms with Crippen LogP contribution in [0.2, 0.25) is 5.02 Å². The number of carbonyl (C=O) groups is 1. The molecule has 1 amide bonds. The Morgan fingerprint density at radius 3 is 2.95 bits per heavy atom. The standard InChI is InChI=1S/C15H20ClFN2O/c1-3-13(11-5-4-6-12(16)15(11)17)18-10-7-8-14(20)19(2)9-10/h4-6,10,13,18H,3,7-9H2,1-2H3/t10-,13+/m0/s1. The lowest BCUT2D eigenvalue weighted by Crippen LogP contribution is -2.47. The van der Waals surface area contributed by atoms with Crippen LogP contribution in [0.1, 0.15) is 37.8 Å². The first kappa shape index (κ1) is 15.3. The summed E-state index contributed by atoms with van der Waals surface area (Å²) < 4.78 is 14.1. The summed E-state index contributed by atoms with van der Waals surface area (Å²) in [6.07, 6.45) is 2.11. The van der Waals surface area contributed by atoms with Gasteiger partial charge in [-0.25, -0.2) is 4.39 Å². The Kier molecular flexibility index (Phi) is 5.00. The molecule has 0 aromatic heterocycles. The molecule has 0 unspecified atom stereocenters. The molecule has 2 atom stereocenters. The number of hydrogen-bond donors (Lipinski definition) is 1. The smallest absolute Gasteiger partial charge is 0.222 e. The molecule has 0 aliphatic carbocycles. The highest BCUT2D eigenvalue weighted by Crippen LogP contribution is 2.26. The summed E-state index contributed by atoms with van der Waals surface area (Å²) in [4.78, 5) is 13.2. The van der Waals surface area contributed by atoms with E-state index in [-0.39, 0.29) is 28.8 Å². The summed E-state index contributed by atoms with van der Waals surface area (Å²) >= 11 is 5.84. The van der Waals surface area contributed by atoms with Crippen molar-refractivity contribution >= 4 is 17.5 Å². The SMILES string of the molecule is CC[C@@H](N[C@H]1CCC(=O)N(C)C1)c1cccc(Cl)c1F. The zero-order valence-corrected chi connectivity index (χ0v) is 12.6. The predicted octanol–water partition coefficient (Wildman–Crippen LogP) is 3.14. The van der Waals surface area contributed by atoms with Crippen LogP contribution in [0, 0.1) is 5.82 Å². The average Bonchev–Trinajstić information content (AvgIpc) is 2.43. The van der Waals surface area contributed by atoms with Crippen LogP contribution in [0.3, 0.4) is 0 Å². The molecule has 20 heavy (non-hydrogen) atoms. The van der Waals surface area contributed by atoms with Gasteiger partial charge in [0.2, 0.25) is 5.91 Å². The molecule has 0 radical (unpaired) electrons. The number of rotatable bonds is 4. The molecule has 1 N–H and O–H groups in total. The van der Waals surface area contributed by atoms with Crippen molar-refractivity contribution in [2.75, 3.05) is 13.6 Å². The lowest BCUT2D eigenvalue weighted by Gasteiger charge is -2.33. The number of benzene rings is 1. The Morgan fingerprint density at radius 1 is 1.55 bits per heavy atom. The summed E-state index contributed by atoms with van der Waals surface area (Å²) in [7, 11) is 1.80. The second-order valence-electron chi connectivity index (χ2n) is 5.28. The molecule has 1 saturated heterocycles. The van der Waals surface area contributed by atoms with Crippen molar-refractivity contribution in [3.05, 3.63) is 34.6 Å². The molecular weight excluding hydrogens is 279 g/mol. The summed E-state index contributed by atoms with van der Waals surface area (Å²) in [6, 6.07) is 5.20. The number of nitrogens with one attached hydrogen (secondary N) is 1. The number of likely N-dealkylation sites (tertiary alicyclic amines) is 1. The van der Waals surface area contributed by atoms with E-state index in [2.05, 4.69) is 5.32 Å². The Labute approximate surface area is 124 Å². The lowest BCUT2D eigenvalue weighted by atomic mass is 9.99. The van der Waals surface area contributed by atoms with E-state index in [1.54, 1.807) is 30.1 Å². The van der Waals surface area contributed by atoms with Gasteiger partial charge in [0.25, 0.3) is 0 Å². The molecule has 1 fully saturated rings. The van der Waals surface area contributed by atoms with E-state index in [9.17, 15) is 9.18 Å². The molecule has 1 aliphatic rings. The minimum Gasteiger partial charge on any atom is -0.344 e. The van der Waals surface area contributed by atoms with Crippen molar-refractivity contribution in [2.45, 2.75) is 38.3 Å². The summed E-state index contributed by atoms with van der Waals surface area (Å²) in [5.74, 6) is -0.182. The first-order valence-electron chi connectivity index (χ1n) is 6.96. The van der Waals surface area contributed by atoms with E-state index in [0.29, 0.717) is 18.5 Å².